The minimum Gasteiger partial charge on any atom is -0.454 e. The molecule has 1 aliphatic rings. The van der Waals surface area contributed by atoms with E-state index in [0.717, 1.165) is 22.2 Å². The van der Waals surface area contributed by atoms with E-state index in [1.807, 2.05) is 12.1 Å². The maximum absolute atomic E-state index is 6.32. The van der Waals surface area contributed by atoms with Gasteiger partial charge in [-0.15, -0.1) is 0 Å². The Bertz CT molecular complexity index is 1250. The Kier molecular flexibility index (Phi) is 4.77. The van der Waals surface area contributed by atoms with E-state index >= 15 is 0 Å². The molecule has 3 nitrogen and oxygen atoms in total. The molecule has 0 N–H and O–H groups in total. The lowest BCUT2D eigenvalue weighted by Gasteiger charge is -2.34. The molecule has 1 aromatic heterocycles. The monoisotopic (exact) mass is 410 g/mol. The number of rotatable bonds is 4. The van der Waals surface area contributed by atoms with Crippen LogP contribution in [0, 0.1) is 0 Å². The first-order valence-electron chi connectivity index (χ1n) is 11.3. The lowest BCUT2D eigenvalue weighted by Crippen LogP contribution is -2.37. The van der Waals surface area contributed by atoms with Crippen LogP contribution in [0.1, 0.15) is 57.6 Å². The van der Waals surface area contributed by atoms with Crippen molar-refractivity contribution in [2.45, 2.75) is 52.6 Å². The molecule has 5 rings (SSSR count). The maximum atomic E-state index is 6.32. The molecular formula is C28H30N2O. The standard InChI is InChI=1S/C28H30N2O/c1-18(2)21-11-8-12-22(19(3)4)27(21)30-17-16-29(20(30)5)25-14-9-13-24-23-10-6-7-15-26(23)31-28(24)25/h6-20H,1-5H3. The second kappa shape index (κ2) is 7.49. The largest absolute Gasteiger partial charge is 0.454 e. The van der Waals surface area contributed by atoms with Crippen molar-refractivity contribution >= 4 is 33.3 Å². The van der Waals surface area contributed by atoms with E-state index in [0.29, 0.717) is 11.8 Å². The van der Waals surface area contributed by atoms with Gasteiger partial charge in [0.15, 0.2) is 5.58 Å². The van der Waals surface area contributed by atoms with Crippen LogP contribution in [0.25, 0.3) is 21.9 Å². The average molecular weight is 411 g/mol. The van der Waals surface area contributed by atoms with Crippen LogP contribution in [-0.2, 0) is 0 Å². The lowest BCUT2D eigenvalue weighted by molar-refractivity contribution is 0.662. The average Bonchev–Trinajstić information content (AvgIpc) is 3.33. The molecular weight excluding hydrogens is 380 g/mol. The van der Waals surface area contributed by atoms with Gasteiger partial charge in [-0.1, -0.05) is 76.2 Å². The van der Waals surface area contributed by atoms with Crippen molar-refractivity contribution in [1.29, 1.82) is 0 Å². The van der Waals surface area contributed by atoms with Gasteiger partial charge in [0.1, 0.15) is 11.7 Å². The number of nitrogens with zero attached hydrogens (tertiary/aromatic N) is 2. The van der Waals surface area contributed by atoms with Gasteiger partial charge in [-0.3, -0.25) is 0 Å². The highest BCUT2D eigenvalue weighted by Gasteiger charge is 2.30. The molecule has 3 aromatic carbocycles. The molecule has 0 radical (unpaired) electrons. The summed E-state index contributed by atoms with van der Waals surface area (Å²) in [5, 5.41) is 2.33. The van der Waals surface area contributed by atoms with Gasteiger partial charge in [0, 0.05) is 28.9 Å². The van der Waals surface area contributed by atoms with Gasteiger partial charge in [-0.25, -0.2) is 0 Å². The van der Waals surface area contributed by atoms with Gasteiger partial charge in [0.2, 0.25) is 0 Å². The fourth-order valence-electron chi connectivity index (χ4n) is 4.82. The summed E-state index contributed by atoms with van der Waals surface area (Å²) in [7, 11) is 0. The van der Waals surface area contributed by atoms with E-state index in [1.54, 1.807) is 0 Å². The predicted octanol–water partition coefficient (Wildman–Crippen LogP) is 7.98. The fraction of sp³-hybridized carbons (Fsp3) is 0.286. The predicted molar refractivity (Wildman–Crippen MR) is 132 cm³/mol. The number of benzene rings is 3. The summed E-state index contributed by atoms with van der Waals surface area (Å²) in [6.45, 7) is 11.4. The highest BCUT2D eigenvalue weighted by Crippen LogP contribution is 2.42. The molecule has 158 valence electrons. The zero-order chi connectivity index (χ0) is 21.7. The third-order valence-electron chi connectivity index (χ3n) is 6.46. The Morgan fingerprint density at radius 2 is 1.32 bits per heavy atom. The molecule has 0 saturated heterocycles. The molecule has 1 atom stereocenters. The van der Waals surface area contributed by atoms with Crippen molar-refractivity contribution in [3.05, 3.63) is 84.2 Å². The molecule has 0 bridgehead atoms. The summed E-state index contributed by atoms with van der Waals surface area (Å²) in [4.78, 5) is 4.75. The smallest absolute Gasteiger partial charge is 0.159 e. The molecule has 0 amide bonds. The Hall–Kier alpha value is -3.20. The normalized spacial score (nSPS) is 16.5. The molecule has 0 saturated carbocycles. The number of fused-ring (bicyclic) bond motifs is 3. The van der Waals surface area contributed by atoms with Crippen LogP contribution in [0.2, 0.25) is 0 Å². The van der Waals surface area contributed by atoms with E-state index in [1.165, 1.54) is 22.2 Å². The van der Waals surface area contributed by atoms with Crippen molar-refractivity contribution in [2.24, 2.45) is 0 Å². The molecule has 3 heteroatoms. The first kappa shape index (κ1) is 19.7. The first-order chi connectivity index (χ1) is 15.0. The number of para-hydroxylation sites is 3. The zero-order valence-electron chi connectivity index (χ0n) is 19.0. The topological polar surface area (TPSA) is 19.6 Å². The van der Waals surface area contributed by atoms with E-state index in [4.69, 9.17) is 4.42 Å². The van der Waals surface area contributed by atoms with Gasteiger partial charge < -0.3 is 14.2 Å². The summed E-state index contributed by atoms with van der Waals surface area (Å²) in [5.41, 5.74) is 7.12. The summed E-state index contributed by atoms with van der Waals surface area (Å²) in [6, 6.07) is 21.5. The molecule has 0 fully saturated rings. The van der Waals surface area contributed by atoms with E-state index in [2.05, 4.69) is 105 Å². The quantitative estimate of drug-likeness (QED) is 0.340. The van der Waals surface area contributed by atoms with Crippen LogP contribution in [0.4, 0.5) is 11.4 Å². The van der Waals surface area contributed by atoms with Crippen molar-refractivity contribution < 1.29 is 4.42 Å². The van der Waals surface area contributed by atoms with Crippen molar-refractivity contribution in [3.8, 4) is 0 Å². The van der Waals surface area contributed by atoms with Crippen molar-refractivity contribution in [3.63, 3.8) is 0 Å². The highest BCUT2D eigenvalue weighted by molar-refractivity contribution is 6.09. The van der Waals surface area contributed by atoms with Gasteiger partial charge in [-0.2, -0.15) is 0 Å². The molecule has 1 unspecified atom stereocenters. The number of anilines is 2. The SMILES string of the molecule is CC(C)c1cccc(C(C)C)c1N1C=CN(c2cccc3c2oc2ccccc23)C1C. The van der Waals surface area contributed by atoms with E-state index in [-0.39, 0.29) is 6.17 Å². The Morgan fingerprint density at radius 3 is 2.03 bits per heavy atom. The second-order valence-corrected chi connectivity index (χ2v) is 9.09. The molecule has 2 heterocycles. The first-order valence-corrected chi connectivity index (χ1v) is 11.3. The summed E-state index contributed by atoms with van der Waals surface area (Å²) in [6.07, 6.45) is 4.56. The maximum Gasteiger partial charge on any atom is 0.159 e. The van der Waals surface area contributed by atoms with Crippen LogP contribution in [0.5, 0.6) is 0 Å². The van der Waals surface area contributed by atoms with E-state index in [9.17, 15) is 0 Å². The fourth-order valence-corrected chi connectivity index (χ4v) is 4.82. The van der Waals surface area contributed by atoms with Crippen LogP contribution in [0.15, 0.2) is 77.5 Å². The third kappa shape index (κ3) is 3.11. The summed E-state index contributed by atoms with van der Waals surface area (Å²) < 4.78 is 6.32. The highest BCUT2D eigenvalue weighted by atomic mass is 16.3. The number of furan rings is 1. The molecule has 4 aromatic rings. The Morgan fingerprint density at radius 1 is 0.710 bits per heavy atom. The van der Waals surface area contributed by atoms with Gasteiger partial charge in [0.05, 0.1) is 5.69 Å². The Balaban J connectivity index is 1.61. The van der Waals surface area contributed by atoms with Crippen LogP contribution in [-0.4, -0.2) is 6.17 Å². The minimum atomic E-state index is 0.149. The van der Waals surface area contributed by atoms with Crippen LogP contribution < -0.4 is 9.80 Å². The number of hydrogen-bond donors (Lipinski definition) is 0. The Labute approximate surface area is 184 Å². The van der Waals surface area contributed by atoms with Crippen molar-refractivity contribution in [2.75, 3.05) is 9.80 Å². The van der Waals surface area contributed by atoms with Crippen molar-refractivity contribution in [1.82, 2.24) is 0 Å². The molecule has 0 aliphatic carbocycles. The third-order valence-corrected chi connectivity index (χ3v) is 6.46. The molecule has 0 spiro atoms. The molecule has 31 heavy (non-hydrogen) atoms. The number of hydrogen-bond acceptors (Lipinski definition) is 3. The minimum absolute atomic E-state index is 0.149. The van der Waals surface area contributed by atoms with Crippen LogP contribution >= 0.6 is 0 Å². The zero-order valence-corrected chi connectivity index (χ0v) is 19.0. The van der Waals surface area contributed by atoms with E-state index < -0.39 is 0 Å². The second-order valence-electron chi connectivity index (χ2n) is 9.09. The van der Waals surface area contributed by atoms with Gasteiger partial charge >= 0.3 is 0 Å². The lowest BCUT2D eigenvalue weighted by atomic mass is 9.92. The summed E-state index contributed by atoms with van der Waals surface area (Å²) in [5.74, 6) is 0.921. The van der Waals surface area contributed by atoms with Gasteiger partial charge in [-0.05, 0) is 42.0 Å². The van der Waals surface area contributed by atoms with Gasteiger partial charge in [0.25, 0.3) is 0 Å². The van der Waals surface area contributed by atoms with Crippen LogP contribution in [0.3, 0.4) is 0 Å². The summed E-state index contributed by atoms with van der Waals surface area (Å²) >= 11 is 0. The molecule has 1 aliphatic heterocycles.